The zero-order chi connectivity index (χ0) is 8.27. The monoisotopic (exact) mass is 162 g/mol. The maximum Gasteiger partial charge on any atom is 0.338 e. The van der Waals surface area contributed by atoms with E-state index in [1.807, 2.05) is 0 Å². The van der Waals surface area contributed by atoms with E-state index < -0.39 is 18.1 Å². The van der Waals surface area contributed by atoms with Gasteiger partial charge in [-0.2, -0.15) is 0 Å². The van der Waals surface area contributed by atoms with Crippen LogP contribution in [-0.4, -0.2) is 30.5 Å². The Bertz CT molecular complexity index is 143. The predicted molar refractivity (Wildman–Crippen MR) is 36.1 cm³/mol. The van der Waals surface area contributed by atoms with Gasteiger partial charge in [0.2, 0.25) is 6.17 Å². The minimum atomic E-state index is -1.75. The van der Waals surface area contributed by atoms with Gasteiger partial charge in [0, 0.05) is 12.5 Å². The standard InChI is InChI=1S/C7H11FO3/c8-6(7(9)10)5-2-1-3-11-4-5/h5-6H,1-4H2,(H,9,10). The predicted octanol–water partition coefficient (Wildman–Crippen LogP) is 0.836. The molecule has 1 fully saturated rings. The average molecular weight is 162 g/mol. The Kier molecular flexibility index (Phi) is 2.82. The van der Waals surface area contributed by atoms with E-state index in [9.17, 15) is 9.18 Å². The van der Waals surface area contributed by atoms with Crippen LogP contribution in [-0.2, 0) is 9.53 Å². The van der Waals surface area contributed by atoms with Gasteiger partial charge >= 0.3 is 5.97 Å². The van der Waals surface area contributed by atoms with Gasteiger partial charge in [0.25, 0.3) is 0 Å². The van der Waals surface area contributed by atoms with Crippen LogP contribution in [0.5, 0.6) is 0 Å². The first-order valence-corrected chi connectivity index (χ1v) is 3.66. The number of aliphatic carboxylic acids is 1. The second-order valence-electron chi connectivity index (χ2n) is 2.72. The molecule has 0 aromatic rings. The first-order valence-electron chi connectivity index (χ1n) is 3.66. The highest BCUT2D eigenvalue weighted by Crippen LogP contribution is 2.19. The van der Waals surface area contributed by atoms with E-state index in [0.29, 0.717) is 13.0 Å². The number of hydrogen-bond acceptors (Lipinski definition) is 2. The van der Waals surface area contributed by atoms with Crippen LogP contribution in [0, 0.1) is 5.92 Å². The van der Waals surface area contributed by atoms with Crippen LogP contribution in [0.25, 0.3) is 0 Å². The number of carbonyl (C=O) groups is 1. The van der Waals surface area contributed by atoms with Crippen LogP contribution < -0.4 is 0 Å². The molecule has 1 heterocycles. The van der Waals surface area contributed by atoms with Crippen LogP contribution in [0.1, 0.15) is 12.8 Å². The molecule has 0 radical (unpaired) electrons. The summed E-state index contributed by atoms with van der Waals surface area (Å²) in [5, 5.41) is 8.30. The molecule has 0 spiro atoms. The molecular weight excluding hydrogens is 151 g/mol. The van der Waals surface area contributed by atoms with Gasteiger partial charge in [0.1, 0.15) is 0 Å². The van der Waals surface area contributed by atoms with Gasteiger partial charge in [-0.15, -0.1) is 0 Å². The van der Waals surface area contributed by atoms with Gasteiger partial charge in [-0.1, -0.05) is 0 Å². The van der Waals surface area contributed by atoms with Crippen molar-refractivity contribution >= 4 is 5.97 Å². The minimum absolute atomic E-state index is 0.244. The lowest BCUT2D eigenvalue weighted by Crippen LogP contribution is -2.31. The second-order valence-corrected chi connectivity index (χ2v) is 2.72. The highest BCUT2D eigenvalue weighted by molar-refractivity contribution is 5.72. The van der Waals surface area contributed by atoms with E-state index in [4.69, 9.17) is 9.84 Å². The lowest BCUT2D eigenvalue weighted by atomic mass is 9.97. The van der Waals surface area contributed by atoms with E-state index in [1.54, 1.807) is 0 Å². The number of halogens is 1. The van der Waals surface area contributed by atoms with Gasteiger partial charge in [-0.25, -0.2) is 9.18 Å². The molecule has 64 valence electrons. The summed E-state index contributed by atoms with van der Waals surface area (Å²) in [7, 11) is 0. The summed E-state index contributed by atoms with van der Waals surface area (Å²) in [6.45, 7) is 0.871. The molecule has 0 aromatic carbocycles. The Balaban J connectivity index is 2.38. The van der Waals surface area contributed by atoms with Crippen molar-refractivity contribution in [2.75, 3.05) is 13.2 Å². The van der Waals surface area contributed by atoms with Gasteiger partial charge in [-0.05, 0) is 12.8 Å². The zero-order valence-electron chi connectivity index (χ0n) is 6.12. The first-order chi connectivity index (χ1) is 5.22. The van der Waals surface area contributed by atoms with E-state index in [-0.39, 0.29) is 6.61 Å². The fraction of sp³-hybridized carbons (Fsp3) is 0.857. The quantitative estimate of drug-likeness (QED) is 0.654. The second kappa shape index (κ2) is 3.67. The Hall–Kier alpha value is -0.640. The van der Waals surface area contributed by atoms with Crippen LogP contribution in [0.4, 0.5) is 4.39 Å². The summed E-state index contributed by atoms with van der Waals surface area (Å²) in [6.07, 6.45) is -0.374. The first kappa shape index (κ1) is 8.46. The fourth-order valence-electron chi connectivity index (χ4n) is 1.20. The van der Waals surface area contributed by atoms with E-state index in [0.717, 1.165) is 6.42 Å². The summed E-state index contributed by atoms with van der Waals surface area (Å²) in [4.78, 5) is 10.2. The van der Waals surface area contributed by atoms with Crippen molar-refractivity contribution in [2.24, 2.45) is 5.92 Å². The van der Waals surface area contributed by atoms with Crippen molar-refractivity contribution in [2.45, 2.75) is 19.0 Å². The molecule has 0 bridgehead atoms. The zero-order valence-corrected chi connectivity index (χ0v) is 6.12. The molecular formula is C7H11FO3. The summed E-state index contributed by atoms with van der Waals surface area (Å²) in [6, 6.07) is 0. The molecule has 4 heteroatoms. The molecule has 2 unspecified atom stereocenters. The van der Waals surface area contributed by atoms with Crippen molar-refractivity contribution in [3.8, 4) is 0 Å². The van der Waals surface area contributed by atoms with Gasteiger partial charge in [-0.3, -0.25) is 0 Å². The largest absolute Gasteiger partial charge is 0.479 e. The van der Waals surface area contributed by atoms with Crippen LogP contribution >= 0.6 is 0 Å². The Labute approximate surface area is 64.2 Å². The van der Waals surface area contributed by atoms with Crippen molar-refractivity contribution < 1.29 is 19.0 Å². The van der Waals surface area contributed by atoms with Crippen molar-refractivity contribution in [1.29, 1.82) is 0 Å². The maximum atomic E-state index is 12.7. The number of carboxylic acid groups (broad SMARTS) is 1. The maximum absolute atomic E-state index is 12.7. The number of ether oxygens (including phenoxy) is 1. The fourth-order valence-corrected chi connectivity index (χ4v) is 1.20. The SMILES string of the molecule is O=C(O)C(F)C1CCCOC1. The lowest BCUT2D eigenvalue weighted by Gasteiger charge is -2.22. The molecule has 0 saturated carbocycles. The highest BCUT2D eigenvalue weighted by atomic mass is 19.1. The third-order valence-corrected chi connectivity index (χ3v) is 1.85. The summed E-state index contributed by atoms with van der Waals surface area (Å²) in [5.74, 6) is -1.82. The van der Waals surface area contributed by atoms with Crippen molar-refractivity contribution in [3.05, 3.63) is 0 Å². The Morgan fingerprint density at radius 1 is 1.73 bits per heavy atom. The van der Waals surface area contributed by atoms with Gasteiger partial charge in [0.15, 0.2) is 0 Å². The third-order valence-electron chi connectivity index (χ3n) is 1.85. The Morgan fingerprint density at radius 2 is 2.45 bits per heavy atom. The molecule has 3 nitrogen and oxygen atoms in total. The average Bonchev–Trinajstić information content (AvgIpc) is 2.05. The molecule has 0 aliphatic carbocycles. The van der Waals surface area contributed by atoms with Gasteiger partial charge < -0.3 is 9.84 Å². The molecule has 1 aliphatic rings. The normalized spacial score (nSPS) is 27.9. The molecule has 1 N–H and O–H groups in total. The van der Waals surface area contributed by atoms with E-state index >= 15 is 0 Å². The topological polar surface area (TPSA) is 46.5 Å². The van der Waals surface area contributed by atoms with Crippen LogP contribution in [0.2, 0.25) is 0 Å². The molecule has 1 aliphatic heterocycles. The van der Waals surface area contributed by atoms with E-state index in [1.165, 1.54) is 0 Å². The molecule has 1 rings (SSSR count). The smallest absolute Gasteiger partial charge is 0.338 e. The molecule has 2 atom stereocenters. The van der Waals surface area contributed by atoms with Crippen LogP contribution in [0.15, 0.2) is 0 Å². The van der Waals surface area contributed by atoms with Gasteiger partial charge in [0.05, 0.1) is 6.61 Å². The number of hydrogen-bond donors (Lipinski definition) is 1. The number of carboxylic acids is 1. The highest BCUT2D eigenvalue weighted by Gasteiger charge is 2.29. The number of rotatable bonds is 2. The molecule has 0 aromatic heterocycles. The number of alkyl halides is 1. The van der Waals surface area contributed by atoms with Crippen molar-refractivity contribution in [3.63, 3.8) is 0 Å². The van der Waals surface area contributed by atoms with Crippen molar-refractivity contribution in [1.82, 2.24) is 0 Å². The molecule has 0 amide bonds. The van der Waals surface area contributed by atoms with Crippen LogP contribution in [0.3, 0.4) is 0 Å². The molecule has 11 heavy (non-hydrogen) atoms. The third kappa shape index (κ3) is 2.15. The minimum Gasteiger partial charge on any atom is -0.479 e. The van der Waals surface area contributed by atoms with E-state index in [2.05, 4.69) is 0 Å². The Morgan fingerprint density at radius 3 is 2.91 bits per heavy atom. The summed E-state index contributed by atoms with van der Waals surface area (Å²) >= 11 is 0. The lowest BCUT2D eigenvalue weighted by molar-refractivity contribution is -0.147. The molecule has 1 saturated heterocycles. The summed E-state index contributed by atoms with van der Waals surface area (Å²) in [5.41, 5.74) is 0. The summed E-state index contributed by atoms with van der Waals surface area (Å²) < 4.78 is 17.7.